The Balaban J connectivity index is 1.77. The maximum Gasteiger partial charge on any atom is 0.408 e. The van der Waals surface area contributed by atoms with Crippen molar-refractivity contribution in [2.75, 3.05) is 72.6 Å². The van der Waals surface area contributed by atoms with Crippen molar-refractivity contribution in [3.8, 4) is 22.6 Å². The predicted molar refractivity (Wildman–Crippen MR) is 166 cm³/mol. The maximum atomic E-state index is 13.9. The van der Waals surface area contributed by atoms with Gasteiger partial charge in [0.05, 0.1) is 52.9 Å². The Morgan fingerprint density at radius 1 is 0.739 bits per heavy atom. The summed E-state index contributed by atoms with van der Waals surface area (Å²) >= 11 is 0. The zero-order valence-electron chi connectivity index (χ0n) is 26.7. The summed E-state index contributed by atoms with van der Waals surface area (Å²) in [6.45, 7) is 8.18. The molecule has 2 aromatic rings. The second-order valence-corrected chi connectivity index (χ2v) is 11.9. The molecular formula is C33H44N2O11. The third kappa shape index (κ3) is 10.0. The standard InChI is InChI=1S/C33H44N2O11/c1-32(2,3)46-31(39)35-33(30(38)34-22-27(36)37)20-23-6-4-8-25-28(23)29-24(21-33)7-5-9-26(29)45-19-17-43-15-13-41-11-10-40-12-14-42-16-18-44-25/h4-9H,10-22H2,1-3H3,(H,34,38)(H,35,39)(H,36,37). The van der Waals surface area contributed by atoms with Crippen molar-refractivity contribution in [1.29, 1.82) is 0 Å². The second-order valence-electron chi connectivity index (χ2n) is 11.9. The minimum Gasteiger partial charge on any atom is -0.491 e. The molecule has 252 valence electrons. The van der Waals surface area contributed by atoms with Crippen LogP contribution < -0.4 is 20.1 Å². The first kappa shape index (κ1) is 35.0. The molecule has 0 atom stereocenters. The van der Waals surface area contributed by atoms with Gasteiger partial charge in [-0.1, -0.05) is 24.3 Å². The average Bonchev–Trinajstić information content (AvgIpc) is 3.13. The molecule has 46 heavy (non-hydrogen) atoms. The molecule has 0 bridgehead atoms. The Hall–Kier alpha value is -3.91. The Morgan fingerprint density at radius 3 is 1.59 bits per heavy atom. The quantitative estimate of drug-likeness (QED) is 0.449. The molecule has 2 aliphatic rings. The Morgan fingerprint density at radius 2 is 1.17 bits per heavy atom. The van der Waals surface area contributed by atoms with E-state index >= 15 is 0 Å². The first-order valence-corrected chi connectivity index (χ1v) is 15.4. The van der Waals surface area contributed by atoms with Gasteiger partial charge in [0.2, 0.25) is 5.91 Å². The summed E-state index contributed by atoms with van der Waals surface area (Å²) in [4.78, 5) is 38.6. The van der Waals surface area contributed by atoms with Gasteiger partial charge in [-0.15, -0.1) is 0 Å². The van der Waals surface area contributed by atoms with Gasteiger partial charge in [0, 0.05) is 24.0 Å². The molecule has 0 aromatic heterocycles. The molecule has 0 spiro atoms. The summed E-state index contributed by atoms with van der Waals surface area (Å²) in [5.41, 5.74) is 0.287. The number of ether oxygens (including phenoxy) is 7. The first-order valence-electron chi connectivity index (χ1n) is 15.4. The Bertz CT molecular complexity index is 1270. The molecule has 0 saturated heterocycles. The van der Waals surface area contributed by atoms with Crippen molar-refractivity contribution in [2.24, 2.45) is 0 Å². The molecule has 13 nitrogen and oxygen atoms in total. The zero-order valence-corrected chi connectivity index (χ0v) is 26.7. The van der Waals surface area contributed by atoms with E-state index in [0.29, 0.717) is 86.6 Å². The van der Waals surface area contributed by atoms with E-state index in [0.717, 1.165) is 0 Å². The van der Waals surface area contributed by atoms with E-state index in [9.17, 15) is 19.5 Å². The molecule has 1 aliphatic carbocycles. The molecule has 0 saturated carbocycles. The maximum absolute atomic E-state index is 13.9. The minimum atomic E-state index is -1.62. The number of nitrogens with one attached hydrogen (secondary N) is 2. The Kier molecular flexibility index (Phi) is 12.6. The van der Waals surface area contributed by atoms with Gasteiger partial charge in [-0.3, -0.25) is 9.59 Å². The van der Waals surface area contributed by atoms with E-state index in [2.05, 4.69) is 10.6 Å². The highest BCUT2D eigenvalue weighted by molar-refractivity contribution is 5.95. The molecule has 2 amide bonds. The number of carbonyl (C=O) groups is 3. The number of carboxylic acids is 1. The van der Waals surface area contributed by atoms with Crippen LogP contribution in [-0.4, -0.2) is 107 Å². The van der Waals surface area contributed by atoms with Crippen LogP contribution in [0.15, 0.2) is 36.4 Å². The van der Waals surface area contributed by atoms with Crippen LogP contribution in [-0.2, 0) is 46.1 Å². The molecule has 0 radical (unpaired) electrons. The van der Waals surface area contributed by atoms with Gasteiger partial charge in [0.25, 0.3) is 0 Å². The van der Waals surface area contributed by atoms with Crippen molar-refractivity contribution < 1.29 is 52.6 Å². The highest BCUT2D eigenvalue weighted by Crippen LogP contribution is 2.46. The molecule has 2 aromatic carbocycles. The number of rotatable bonds is 4. The molecule has 1 aliphatic heterocycles. The van der Waals surface area contributed by atoms with Crippen LogP contribution in [0, 0.1) is 0 Å². The summed E-state index contributed by atoms with van der Waals surface area (Å²) in [5.74, 6) is -0.806. The monoisotopic (exact) mass is 644 g/mol. The van der Waals surface area contributed by atoms with Crippen LogP contribution in [0.2, 0.25) is 0 Å². The molecule has 1 heterocycles. The fraction of sp³-hybridized carbons (Fsp3) is 0.545. The van der Waals surface area contributed by atoms with Crippen molar-refractivity contribution >= 4 is 18.0 Å². The average molecular weight is 645 g/mol. The van der Waals surface area contributed by atoms with E-state index in [1.807, 2.05) is 24.3 Å². The highest BCUT2D eigenvalue weighted by atomic mass is 16.6. The lowest BCUT2D eigenvalue weighted by molar-refractivity contribution is -0.139. The molecule has 0 unspecified atom stereocenters. The van der Waals surface area contributed by atoms with E-state index in [1.54, 1.807) is 32.9 Å². The Labute approximate surface area is 268 Å². The van der Waals surface area contributed by atoms with Crippen molar-refractivity contribution in [2.45, 2.75) is 44.8 Å². The van der Waals surface area contributed by atoms with Gasteiger partial charge in [-0.05, 0) is 44.0 Å². The van der Waals surface area contributed by atoms with Gasteiger partial charge in [-0.2, -0.15) is 0 Å². The normalized spacial score (nSPS) is 17.9. The van der Waals surface area contributed by atoms with Gasteiger partial charge >= 0.3 is 12.1 Å². The highest BCUT2D eigenvalue weighted by Gasteiger charge is 2.45. The van der Waals surface area contributed by atoms with Gasteiger partial charge < -0.3 is 48.9 Å². The van der Waals surface area contributed by atoms with Crippen molar-refractivity contribution in [1.82, 2.24) is 10.6 Å². The largest absolute Gasteiger partial charge is 0.491 e. The second kappa shape index (κ2) is 16.6. The molecule has 13 heteroatoms. The number of carbonyl (C=O) groups excluding carboxylic acids is 2. The van der Waals surface area contributed by atoms with Crippen molar-refractivity contribution in [3.05, 3.63) is 47.5 Å². The zero-order chi connectivity index (χ0) is 33.0. The third-order valence-electron chi connectivity index (χ3n) is 7.12. The molecule has 4 rings (SSSR count). The summed E-state index contributed by atoms with van der Waals surface area (Å²) in [7, 11) is 0. The van der Waals surface area contributed by atoms with Gasteiger partial charge in [0.1, 0.15) is 42.4 Å². The SMILES string of the molecule is CC(C)(C)OC(=O)NC1(C(=O)NCC(=O)O)Cc2cccc3c2-c2c(cccc2OCCOCCOCCOCCOCCO3)C1. The minimum absolute atomic E-state index is 0.00922. The summed E-state index contributed by atoms with van der Waals surface area (Å²) in [5, 5.41) is 14.6. The van der Waals surface area contributed by atoms with Crippen LogP contribution in [0.4, 0.5) is 4.79 Å². The number of aliphatic carboxylic acids is 1. The predicted octanol–water partition coefficient (Wildman–Crippen LogP) is 2.75. The molecular weight excluding hydrogens is 600 g/mol. The number of hydrogen-bond acceptors (Lipinski definition) is 10. The summed E-state index contributed by atoms with van der Waals surface area (Å²) in [6.07, 6.45) is -0.793. The smallest absolute Gasteiger partial charge is 0.408 e. The van der Waals surface area contributed by atoms with Crippen LogP contribution in [0.3, 0.4) is 0 Å². The molecule has 0 fully saturated rings. The van der Waals surface area contributed by atoms with Crippen LogP contribution >= 0.6 is 0 Å². The lowest BCUT2D eigenvalue weighted by Gasteiger charge is -2.34. The van der Waals surface area contributed by atoms with Crippen LogP contribution in [0.25, 0.3) is 11.1 Å². The topological polar surface area (TPSA) is 160 Å². The summed E-state index contributed by atoms with van der Waals surface area (Å²) < 4.78 is 40.5. The first-order chi connectivity index (χ1) is 22.1. The summed E-state index contributed by atoms with van der Waals surface area (Å²) in [6, 6.07) is 11.0. The number of amides is 2. The fourth-order valence-electron chi connectivity index (χ4n) is 5.28. The number of alkyl carbamates (subject to hydrolysis) is 1. The third-order valence-corrected chi connectivity index (χ3v) is 7.12. The van der Waals surface area contributed by atoms with Gasteiger partial charge in [-0.25, -0.2) is 4.79 Å². The van der Waals surface area contributed by atoms with E-state index in [1.165, 1.54) is 0 Å². The van der Waals surface area contributed by atoms with Gasteiger partial charge in [0.15, 0.2) is 0 Å². The van der Waals surface area contributed by atoms with E-state index < -0.39 is 35.7 Å². The lowest BCUT2D eigenvalue weighted by atomic mass is 9.85. The molecule has 3 N–H and O–H groups in total. The fourth-order valence-corrected chi connectivity index (χ4v) is 5.28. The van der Waals surface area contributed by atoms with E-state index in [4.69, 9.17) is 33.2 Å². The number of carboxylic acid groups (broad SMARTS) is 1. The number of hydrogen-bond donors (Lipinski definition) is 3. The number of benzene rings is 2. The lowest BCUT2D eigenvalue weighted by Crippen LogP contribution is -2.62. The van der Waals surface area contributed by atoms with Crippen molar-refractivity contribution in [3.63, 3.8) is 0 Å². The van der Waals surface area contributed by atoms with E-state index in [-0.39, 0.29) is 26.1 Å². The van der Waals surface area contributed by atoms with Crippen LogP contribution in [0.1, 0.15) is 31.9 Å². The van der Waals surface area contributed by atoms with Crippen LogP contribution in [0.5, 0.6) is 11.5 Å².